The maximum Gasteiger partial charge on any atom is 0.355 e. The van der Waals surface area contributed by atoms with Gasteiger partial charge in [-0.1, -0.05) is 53.5 Å². The Morgan fingerprint density at radius 2 is 1.94 bits per heavy atom. The highest BCUT2D eigenvalue weighted by molar-refractivity contribution is 7.21. The molecule has 0 saturated heterocycles. The minimum Gasteiger partial charge on any atom is -0.494 e. The molecule has 0 radical (unpaired) electrons. The number of hydrogen-bond donors (Lipinski definition) is 1. The van der Waals surface area contributed by atoms with Gasteiger partial charge in [-0.2, -0.15) is 5.26 Å². The Morgan fingerprint density at radius 1 is 1.14 bits per heavy atom. The lowest BCUT2D eigenvalue weighted by Crippen LogP contribution is -2.21. The smallest absolute Gasteiger partial charge is 0.355 e. The first-order valence-corrected chi connectivity index (χ1v) is 12.5. The Hall–Kier alpha value is -3.70. The van der Waals surface area contributed by atoms with Gasteiger partial charge in [-0.3, -0.25) is 0 Å². The van der Waals surface area contributed by atoms with Crippen molar-refractivity contribution in [3.63, 3.8) is 0 Å². The minimum atomic E-state index is -0.604. The van der Waals surface area contributed by atoms with Gasteiger partial charge in [0.25, 0.3) is 0 Å². The van der Waals surface area contributed by atoms with Crippen molar-refractivity contribution in [2.75, 3.05) is 6.61 Å². The van der Waals surface area contributed by atoms with E-state index >= 15 is 0 Å². The molecule has 2 heterocycles. The number of carbonyl (C=O) groups is 1. The second kappa shape index (κ2) is 9.75. The van der Waals surface area contributed by atoms with Gasteiger partial charge in [0.15, 0.2) is 0 Å². The Balaban J connectivity index is 1.51. The molecule has 1 aromatic heterocycles. The van der Waals surface area contributed by atoms with Crippen molar-refractivity contribution in [1.29, 1.82) is 5.26 Å². The van der Waals surface area contributed by atoms with Crippen LogP contribution in [0.4, 0.5) is 0 Å². The number of nitriles is 1. The summed E-state index contributed by atoms with van der Waals surface area (Å²) in [4.78, 5) is 13.2. The molecule has 36 heavy (non-hydrogen) atoms. The summed E-state index contributed by atoms with van der Waals surface area (Å²) in [5, 5.41) is 11.4. The van der Waals surface area contributed by atoms with Crippen molar-refractivity contribution in [2.24, 2.45) is 5.73 Å². The van der Waals surface area contributed by atoms with Gasteiger partial charge in [-0.05, 0) is 31.2 Å². The Kier molecular flexibility index (Phi) is 6.50. The third-order valence-corrected chi connectivity index (χ3v) is 7.58. The van der Waals surface area contributed by atoms with Crippen LogP contribution in [0.2, 0.25) is 10.0 Å². The number of esters is 1. The van der Waals surface area contributed by atoms with Gasteiger partial charge < -0.3 is 19.9 Å². The average molecular weight is 537 g/mol. The van der Waals surface area contributed by atoms with E-state index in [2.05, 4.69) is 6.07 Å². The van der Waals surface area contributed by atoms with Crippen molar-refractivity contribution < 1.29 is 19.0 Å². The van der Waals surface area contributed by atoms with Gasteiger partial charge in [0.05, 0.1) is 17.5 Å². The van der Waals surface area contributed by atoms with Crippen LogP contribution in [-0.4, -0.2) is 12.6 Å². The zero-order valence-corrected chi connectivity index (χ0v) is 21.2. The van der Waals surface area contributed by atoms with Gasteiger partial charge in [0.2, 0.25) is 5.88 Å². The molecule has 1 unspecified atom stereocenters. The average Bonchev–Trinajstić information content (AvgIpc) is 3.19. The fourth-order valence-electron chi connectivity index (χ4n) is 4.15. The van der Waals surface area contributed by atoms with E-state index in [0.717, 1.165) is 15.6 Å². The van der Waals surface area contributed by atoms with Gasteiger partial charge >= 0.3 is 5.97 Å². The molecule has 0 spiro atoms. The molecule has 1 aliphatic rings. The van der Waals surface area contributed by atoms with Crippen LogP contribution in [0, 0.1) is 11.3 Å². The van der Waals surface area contributed by atoms with Crippen LogP contribution in [0.25, 0.3) is 10.1 Å². The van der Waals surface area contributed by atoms with E-state index in [1.54, 1.807) is 36.4 Å². The Morgan fingerprint density at radius 3 is 2.72 bits per heavy atom. The van der Waals surface area contributed by atoms with Crippen molar-refractivity contribution in [2.45, 2.75) is 12.8 Å². The zero-order valence-electron chi connectivity index (χ0n) is 18.9. The summed E-state index contributed by atoms with van der Waals surface area (Å²) < 4.78 is 18.0. The number of nitrogens with two attached hydrogens (primary N) is 1. The first-order chi connectivity index (χ1) is 17.4. The highest BCUT2D eigenvalue weighted by Crippen LogP contribution is 2.46. The minimum absolute atomic E-state index is 0.0193. The Labute approximate surface area is 221 Å². The molecule has 6 nitrogen and oxygen atoms in total. The SMILES string of the molecule is CCOc1ccccc1C1C(C#N)=C(N)Oc2cc(OC(=O)c3sc4cc(Cl)ccc4c3Cl)ccc21. The van der Waals surface area contributed by atoms with Crippen molar-refractivity contribution in [3.8, 4) is 23.3 Å². The predicted molar refractivity (Wildman–Crippen MR) is 140 cm³/mol. The quantitative estimate of drug-likeness (QED) is 0.217. The number of rotatable bonds is 5. The van der Waals surface area contributed by atoms with Crippen LogP contribution in [0.1, 0.15) is 33.6 Å². The van der Waals surface area contributed by atoms with E-state index in [1.807, 2.05) is 31.2 Å². The van der Waals surface area contributed by atoms with E-state index in [0.29, 0.717) is 33.7 Å². The molecule has 3 aromatic carbocycles. The number of ether oxygens (including phenoxy) is 3. The molecule has 1 atom stereocenters. The molecule has 5 rings (SSSR count). The third-order valence-electron chi connectivity index (χ3n) is 5.71. The summed E-state index contributed by atoms with van der Waals surface area (Å²) in [6.45, 7) is 2.36. The second-order valence-electron chi connectivity index (χ2n) is 7.87. The van der Waals surface area contributed by atoms with E-state index in [9.17, 15) is 10.1 Å². The summed E-state index contributed by atoms with van der Waals surface area (Å²) in [5.74, 6) is 0.140. The van der Waals surface area contributed by atoms with E-state index in [-0.39, 0.29) is 22.1 Å². The maximum absolute atomic E-state index is 13.0. The predicted octanol–water partition coefficient (Wildman–Crippen LogP) is 7.04. The molecule has 4 aromatic rings. The standard InChI is InChI=1S/C27H18Cl2N2O4S/c1-2-33-20-6-4-3-5-16(20)23-17-10-8-15(12-21(17)35-26(31)19(23)13-30)34-27(32)25-24(29)18-9-7-14(28)11-22(18)36-25/h3-12,23H,2,31H2,1H3. The molecule has 1 aliphatic heterocycles. The molecular weight excluding hydrogens is 519 g/mol. The van der Waals surface area contributed by atoms with Gasteiger partial charge in [0.1, 0.15) is 33.8 Å². The fraction of sp³-hybridized carbons (Fsp3) is 0.111. The third kappa shape index (κ3) is 4.24. The van der Waals surface area contributed by atoms with Crippen LogP contribution < -0.4 is 19.9 Å². The lowest BCUT2D eigenvalue weighted by Gasteiger charge is -2.27. The molecule has 9 heteroatoms. The highest BCUT2D eigenvalue weighted by atomic mass is 35.5. The normalized spacial score (nSPS) is 14.7. The first kappa shape index (κ1) is 24.0. The molecule has 0 amide bonds. The van der Waals surface area contributed by atoms with Gasteiger partial charge in [0, 0.05) is 32.3 Å². The van der Waals surface area contributed by atoms with Gasteiger partial charge in [-0.15, -0.1) is 11.3 Å². The van der Waals surface area contributed by atoms with Crippen molar-refractivity contribution in [1.82, 2.24) is 0 Å². The van der Waals surface area contributed by atoms with Crippen molar-refractivity contribution in [3.05, 3.63) is 98.2 Å². The zero-order chi connectivity index (χ0) is 25.4. The van der Waals surface area contributed by atoms with Crippen LogP contribution >= 0.6 is 34.5 Å². The molecule has 0 fully saturated rings. The number of para-hydroxylation sites is 1. The monoisotopic (exact) mass is 536 g/mol. The number of fused-ring (bicyclic) bond motifs is 2. The van der Waals surface area contributed by atoms with E-state index in [4.69, 9.17) is 43.1 Å². The van der Waals surface area contributed by atoms with Crippen LogP contribution in [0.5, 0.6) is 17.2 Å². The second-order valence-corrected chi connectivity index (χ2v) is 9.74. The number of benzene rings is 3. The molecule has 2 N–H and O–H groups in total. The highest BCUT2D eigenvalue weighted by Gasteiger charge is 2.33. The largest absolute Gasteiger partial charge is 0.494 e. The maximum atomic E-state index is 13.0. The summed E-state index contributed by atoms with van der Waals surface area (Å²) >= 11 is 13.7. The topological polar surface area (TPSA) is 94.6 Å². The summed E-state index contributed by atoms with van der Waals surface area (Å²) in [6, 6.07) is 19.8. The molecule has 180 valence electrons. The summed E-state index contributed by atoms with van der Waals surface area (Å²) in [7, 11) is 0. The summed E-state index contributed by atoms with van der Waals surface area (Å²) in [5.41, 5.74) is 7.88. The van der Waals surface area contributed by atoms with Crippen LogP contribution in [0.3, 0.4) is 0 Å². The number of hydrogen-bond acceptors (Lipinski definition) is 7. The lowest BCUT2D eigenvalue weighted by molar-refractivity contribution is 0.0740. The van der Waals surface area contributed by atoms with E-state index in [1.165, 1.54) is 11.3 Å². The number of halogens is 2. The number of thiophene rings is 1. The van der Waals surface area contributed by atoms with Crippen molar-refractivity contribution >= 4 is 50.6 Å². The van der Waals surface area contributed by atoms with Crippen LogP contribution in [0.15, 0.2) is 72.1 Å². The fourth-order valence-corrected chi connectivity index (χ4v) is 5.81. The summed E-state index contributed by atoms with van der Waals surface area (Å²) in [6.07, 6.45) is 0. The van der Waals surface area contributed by atoms with E-state index < -0.39 is 11.9 Å². The molecule has 0 bridgehead atoms. The van der Waals surface area contributed by atoms with Crippen LogP contribution in [-0.2, 0) is 0 Å². The van der Waals surface area contributed by atoms with Gasteiger partial charge in [-0.25, -0.2) is 4.79 Å². The number of carbonyl (C=O) groups excluding carboxylic acids is 1. The number of nitrogens with zero attached hydrogens (tertiary/aromatic N) is 1. The number of allylic oxidation sites excluding steroid dienone is 1. The molecule has 0 aliphatic carbocycles. The lowest BCUT2D eigenvalue weighted by atomic mass is 9.83. The molecular formula is C27H18Cl2N2O4S. The Bertz CT molecular complexity index is 1590. The first-order valence-electron chi connectivity index (χ1n) is 10.9. The molecule has 0 saturated carbocycles.